The SMILES string of the molecule is O=c1ccn(CN2CCN(Cc3ccc(Cl)s3)CC2)c2c(Br)cccc12. The Labute approximate surface area is 169 Å². The van der Waals surface area contributed by atoms with Gasteiger partial charge >= 0.3 is 0 Å². The number of rotatable bonds is 4. The van der Waals surface area contributed by atoms with Crippen molar-refractivity contribution >= 4 is 49.8 Å². The Morgan fingerprint density at radius 1 is 1.04 bits per heavy atom. The van der Waals surface area contributed by atoms with Gasteiger partial charge in [-0.1, -0.05) is 17.7 Å². The molecule has 7 heteroatoms. The van der Waals surface area contributed by atoms with Crippen LogP contribution in [0.5, 0.6) is 0 Å². The summed E-state index contributed by atoms with van der Waals surface area (Å²) in [6.45, 7) is 5.85. The fraction of sp³-hybridized carbons (Fsp3) is 0.316. The van der Waals surface area contributed by atoms with Crippen LogP contribution >= 0.6 is 38.9 Å². The van der Waals surface area contributed by atoms with Gasteiger partial charge in [0.25, 0.3) is 0 Å². The number of thiophene rings is 1. The maximum absolute atomic E-state index is 12.1. The number of nitrogens with zero attached hydrogens (tertiary/aromatic N) is 3. The number of hydrogen-bond acceptors (Lipinski definition) is 4. The monoisotopic (exact) mass is 451 g/mol. The predicted molar refractivity (Wildman–Crippen MR) is 112 cm³/mol. The normalized spacial score (nSPS) is 16.4. The van der Waals surface area contributed by atoms with Crippen molar-refractivity contribution in [3.8, 4) is 0 Å². The maximum Gasteiger partial charge on any atom is 0.189 e. The van der Waals surface area contributed by atoms with E-state index in [1.807, 2.05) is 30.5 Å². The fourth-order valence-electron chi connectivity index (χ4n) is 3.41. The standard InChI is InChI=1S/C19H19BrClN3OS/c20-16-3-1-2-15-17(25)6-7-24(19(15)16)13-23-10-8-22(9-11-23)12-14-4-5-18(21)26-14/h1-7H,8-13H2. The summed E-state index contributed by atoms with van der Waals surface area (Å²) in [5, 5.41) is 0.759. The van der Waals surface area contributed by atoms with E-state index in [1.54, 1.807) is 17.4 Å². The number of benzene rings is 1. The molecule has 0 aliphatic carbocycles. The van der Waals surface area contributed by atoms with Crippen LogP contribution in [-0.2, 0) is 13.2 Å². The van der Waals surface area contributed by atoms with Gasteiger partial charge in [0.2, 0.25) is 0 Å². The van der Waals surface area contributed by atoms with Crippen molar-refractivity contribution in [1.82, 2.24) is 14.4 Å². The quantitative estimate of drug-likeness (QED) is 0.592. The molecule has 1 saturated heterocycles. The first-order valence-corrected chi connectivity index (χ1v) is 10.6. The molecule has 26 heavy (non-hydrogen) atoms. The van der Waals surface area contributed by atoms with Gasteiger partial charge in [-0.2, -0.15) is 0 Å². The molecule has 0 saturated carbocycles. The van der Waals surface area contributed by atoms with Gasteiger partial charge in [-0.15, -0.1) is 11.3 Å². The third-order valence-corrected chi connectivity index (χ3v) is 6.63. The summed E-state index contributed by atoms with van der Waals surface area (Å²) in [7, 11) is 0. The Balaban J connectivity index is 1.44. The molecular weight excluding hydrogens is 434 g/mol. The van der Waals surface area contributed by atoms with Gasteiger partial charge in [-0.3, -0.25) is 14.6 Å². The van der Waals surface area contributed by atoms with Gasteiger partial charge in [0.15, 0.2) is 5.43 Å². The molecular formula is C19H19BrClN3OS. The Hall–Kier alpha value is -1.18. The minimum atomic E-state index is 0.0666. The van der Waals surface area contributed by atoms with E-state index >= 15 is 0 Å². The summed E-state index contributed by atoms with van der Waals surface area (Å²) >= 11 is 11.3. The summed E-state index contributed by atoms with van der Waals surface area (Å²) in [6, 6.07) is 11.5. The highest BCUT2D eigenvalue weighted by Crippen LogP contribution is 2.24. The van der Waals surface area contributed by atoms with Crippen molar-refractivity contribution in [2.45, 2.75) is 13.2 Å². The zero-order valence-electron chi connectivity index (χ0n) is 14.2. The second kappa shape index (κ2) is 7.82. The van der Waals surface area contributed by atoms with Crippen LogP contribution in [0, 0.1) is 0 Å². The molecule has 3 heterocycles. The van der Waals surface area contributed by atoms with E-state index in [4.69, 9.17) is 11.6 Å². The molecule has 0 N–H and O–H groups in total. The highest BCUT2D eigenvalue weighted by Gasteiger charge is 2.18. The molecule has 0 atom stereocenters. The van der Waals surface area contributed by atoms with E-state index in [-0.39, 0.29) is 5.43 Å². The van der Waals surface area contributed by atoms with Crippen LogP contribution in [0.3, 0.4) is 0 Å². The lowest BCUT2D eigenvalue weighted by Crippen LogP contribution is -2.46. The van der Waals surface area contributed by atoms with Crippen LogP contribution in [-0.4, -0.2) is 40.5 Å². The van der Waals surface area contributed by atoms with Gasteiger partial charge in [0, 0.05) is 59.7 Å². The van der Waals surface area contributed by atoms with Crippen molar-refractivity contribution in [3.63, 3.8) is 0 Å². The first-order chi connectivity index (χ1) is 12.6. The summed E-state index contributed by atoms with van der Waals surface area (Å²) < 4.78 is 3.98. The summed E-state index contributed by atoms with van der Waals surface area (Å²) in [6.07, 6.45) is 1.90. The summed E-state index contributed by atoms with van der Waals surface area (Å²) in [4.78, 5) is 18.4. The molecule has 136 valence electrons. The minimum absolute atomic E-state index is 0.0666. The molecule has 4 rings (SSSR count). The van der Waals surface area contributed by atoms with Crippen LogP contribution in [0.1, 0.15) is 4.88 Å². The van der Waals surface area contributed by atoms with Crippen LogP contribution < -0.4 is 5.43 Å². The lowest BCUT2D eigenvalue weighted by atomic mass is 10.2. The third-order valence-electron chi connectivity index (χ3n) is 4.77. The van der Waals surface area contributed by atoms with E-state index in [0.717, 1.165) is 59.1 Å². The molecule has 0 unspecified atom stereocenters. The predicted octanol–water partition coefficient (Wildman–Crippen LogP) is 4.25. The molecule has 0 amide bonds. The number of hydrogen-bond donors (Lipinski definition) is 0. The van der Waals surface area contributed by atoms with Crippen molar-refractivity contribution < 1.29 is 0 Å². The molecule has 1 aromatic carbocycles. The first-order valence-electron chi connectivity index (χ1n) is 8.57. The van der Waals surface area contributed by atoms with Crippen molar-refractivity contribution in [2.75, 3.05) is 26.2 Å². The molecule has 0 spiro atoms. The fourth-order valence-corrected chi connectivity index (χ4v) is 5.13. The van der Waals surface area contributed by atoms with Gasteiger partial charge in [-0.05, 0) is 40.2 Å². The van der Waals surface area contributed by atoms with Crippen molar-refractivity contribution in [1.29, 1.82) is 0 Å². The van der Waals surface area contributed by atoms with E-state index in [1.165, 1.54) is 4.88 Å². The van der Waals surface area contributed by atoms with Crippen LogP contribution in [0.15, 0.2) is 51.9 Å². The topological polar surface area (TPSA) is 28.5 Å². The van der Waals surface area contributed by atoms with Crippen LogP contribution in [0.2, 0.25) is 4.34 Å². The average Bonchev–Trinajstić information content (AvgIpc) is 3.04. The number of halogens is 2. The van der Waals surface area contributed by atoms with E-state index < -0.39 is 0 Å². The number of piperazine rings is 1. The Kier molecular flexibility index (Phi) is 5.47. The molecule has 2 aromatic heterocycles. The average molecular weight is 453 g/mol. The first kappa shape index (κ1) is 18.2. The minimum Gasteiger partial charge on any atom is -0.333 e. The molecule has 1 aliphatic heterocycles. The molecule has 1 fully saturated rings. The second-order valence-corrected chi connectivity index (χ2v) is 9.18. The molecule has 0 bridgehead atoms. The number of fused-ring (bicyclic) bond motifs is 1. The number of para-hydroxylation sites is 1. The molecule has 1 aliphatic rings. The van der Waals surface area contributed by atoms with Crippen LogP contribution in [0.4, 0.5) is 0 Å². The highest BCUT2D eigenvalue weighted by atomic mass is 79.9. The van der Waals surface area contributed by atoms with Gasteiger partial charge in [-0.25, -0.2) is 0 Å². The second-order valence-electron chi connectivity index (χ2n) is 6.53. The number of pyridine rings is 1. The molecule has 3 aromatic rings. The maximum atomic E-state index is 12.1. The lowest BCUT2D eigenvalue weighted by molar-refractivity contribution is 0.105. The Bertz CT molecular complexity index is 978. The van der Waals surface area contributed by atoms with Gasteiger partial charge < -0.3 is 4.57 Å². The lowest BCUT2D eigenvalue weighted by Gasteiger charge is -2.35. The zero-order valence-corrected chi connectivity index (χ0v) is 17.4. The smallest absolute Gasteiger partial charge is 0.189 e. The van der Waals surface area contributed by atoms with Crippen molar-refractivity contribution in [2.24, 2.45) is 0 Å². The van der Waals surface area contributed by atoms with E-state index in [9.17, 15) is 4.79 Å². The van der Waals surface area contributed by atoms with Gasteiger partial charge in [0.05, 0.1) is 16.5 Å². The van der Waals surface area contributed by atoms with E-state index in [0.29, 0.717) is 0 Å². The summed E-state index contributed by atoms with van der Waals surface area (Å²) in [5.41, 5.74) is 1.03. The Morgan fingerprint density at radius 3 is 2.54 bits per heavy atom. The van der Waals surface area contributed by atoms with E-state index in [2.05, 4.69) is 36.4 Å². The third kappa shape index (κ3) is 3.89. The molecule has 0 radical (unpaired) electrons. The summed E-state index contributed by atoms with van der Waals surface area (Å²) in [5.74, 6) is 0. The highest BCUT2D eigenvalue weighted by molar-refractivity contribution is 9.10. The Morgan fingerprint density at radius 2 is 1.81 bits per heavy atom. The largest absolute Gasteiger partial charge is 0.333 e. The zero-order chi connectivity index (χ0) is 18.1. The van der Waals surface area contributed by atoms with Crippen molar-refractivity contribution in [3.05, 3.63) is 66.5 Å². The molecule has 4 nitrogen and oxygen atoms in total. The van der Waals surface area contributed by atoms with Gasteiger partial charge in [0.1, 0.15) is 0 Å². The number of aromatic nitrogens is 1. The van der Waals surface area contributed by atoms with Crippen LogP contribution in [0.25, 0.3) is 10.9 Å².